The number of rotatable bonds is 5. The highest BCUT2D eigenvalue weighted by atomic mass is 79.9. The van der Waals surface area contributed by atoms with E-state index in [1.54, 1.807) is 12.5 Å². The van der Waals surface area contributed by atoms with E-state index in [1.807, 2.05) is 47.0 Å². The lowest BCUT2D eigenvalue weighted by molar-refractivity contribution is 0.297. The van der Waals surface area contributed by atoms with Crippen molar-refractivity contribution in [2.45, 2.75) is 13.2 Å². The molecule has 2 aromatic carbocycles. The Morgan fingerprint density at radius 2 is 1.74 bits per heavy atom. The minimum atomic E-state index is 0.267. The largest absolute Gasteiger partial charge is 0.486 e. The minimum absolute atomic E-state index is 0.267. The van der Waals surface area contributed by atoms with Gasteiger partial charge < -0.3 is 9.30 Å². The van der Waals surface area contributed by atoms with E-state index in [9.17, 15) is 0 Å². The van der Waals surface area contributed by atoms with Crippen LogP contribution in [0.5, 0.6) is 5.75 Å². The third kappa shape index (κ3) is 4.08. The SMILES string of the molecule is Clc1cccc(Cl)c1Cn1cncc2nc(COc3ccc(Br)cc3)nc1-2. The van der Waals surface area contributed by atoms with Crippen LogP contribution in [0.1, 0.15) is 11.4 Å². The van der Waals surface area contributed by atoms with Gasteiger partial charge in [-0.05, 0) is 36.4 Å². The lowest BCUT2D eigenvalue weighted by Gasteiger charge is -2.12. The van der Waals surface area contributed by atoms with Crippen LogP contribution < -0.4 is 4.74 Å². The van der Waals surface area contributed by atoms with E-state index in [-0.39, 0.29) is 6.61 Å². The van der Waals surface area contributed by atoms with Crippen LogP contribution in [-0.4, -0.2) is 19.5 Å². The summed E-state index contributed by atoms with van der Waals surface area (Å²) in [5.74, 6) is 2.04. The van der Waals surface area contributed by atoms with Crippen LogP contribution in [0.3, 0.4) is 0 Å². The van der Waals surface area contributed by atoms with Crippen LogP contribution in [0.4, 0.5) is 0 Å². The third-order valence-corrected chi connectivity index (χ3v) is 5.20. The highest BCUT2D eigenvalue weighted by Crippen LogP contribution is 2.27. The maximum absolute atomic E-state index is 6.29. The molecule has 0 spiro atoms. The zero-order chi connectivity index (χ0) is 18.8. The van der Waals surface area contributed by atoms with Gasteiger partial charge in [0.1, 0.15) is 18.1 Å². The highest BCUT2D eigenvalue weighted by Gasteiger charge is 2.17. The number of aromatic nitrogens is 4. The summed E-state index contributed by atoms with van der Waals surface area (Å²) in [6.45, 7) is 0.720. The number of imidazole rings is 1. The molecule has 0 bridgehead atoms. The van der Waals surface area contributed by atoms with Crippen molar-refractivity contribution >= 4 is 39.1 Å². The van der Waals surface area contributed by atoms with Crippen molar-refractivity contribution in [2.24, 2.45) is 0 Å². The number of hydrogen-bond donors (Lipinski definition) is 0. The molecule has 0 aliphatic carbocycles. The molecule has 136 valence electrons. The predicted molar refractivity (Wildman–Crippen MR) is 108 cm³/mol. The molecular formula is C19H13BrCl2N4O. The third-order valence-electron chi connectivity index (χ3n) is 3.96. The molecule has 0 fully saturated rings. The van der Waals surface area contributed by atoms with Gasteiger partial charge in [-0.25, -0.2) is 15.0 Å². The van der Waals surface area contributed by atoms with E-state index in [4.69, 9.17) is 27.9 Å². The Hall–Kier alpha value is -2.15. The topological polar surface area (TPSA) is 52.8 Å². The maximum Gasteiger partial charge on any atom is 0.169 e. The maximum atomic E-state index is 6.29. The molecule has 8 heteroatoms. The van der Waals surface area contributed by atoms with Crippen molar-refractivity contribution in [1.82, 2.24) is 19.5 Å². The fourth-order valence-electron chi connectivity index (χ4n) is 2.64. The van der Waals surface area contributed by atoms with E-state index in [0.717, 1.165) is 15.8 Å². The van der Waals surface area contributed by atoms with Crippen molar-refractivity contribution in [3.63, 3.8) is 0 Å². The Labute approximate surface area is 174 Å². The van der Waals surface area contributed by atoms with Crippen molar-refractivity contribution in [3.8, 4) is 17.3 Å². The molecule has 0 radical (unpaired) electrons. The summed E-state index contributed by atoms with van der Waals surface area (Å²) in [7, 11) is 0. The van der Waals surface area contributed by atoms with E-state index in [0.29, 0.717) is 33.9 Å². The first-order chi connectivity index (χ1) is 13.1. The average molecular weight is 464 g/mol. The van der Waals surface area contributed by atoms with Crippen LogP contribution in [0.2, 0.25) is 10.0 Å². The summed E-state index contributed by atoms with van der Waals surface area (Å²) < 4.78 is 8.62. The van der Waals surface area contributed by atoms with Gasteiger partial charge >= 0.3 is 0 Å². The van der Waals surface area contributed by atoms with Gasteiger partial charge in [-0.1, -0.05) is 45.2 Å². The second-order valence-corrected chi connectivity index (χ2v) is 7.54. The van der Waals surface area contributed by atoms with Gasteiger partial charge in [0.05, 0.1) is 19.1 Å². The van der Waals surface area contributed by atoms with Crippen molar-refractivity contribution in [1.29, 1.82) is 0 Å². The lowest BCUT2D eigenvalue weighted by Crippen LogP contribution is -2.07. The van der Waals surface area contributed by atoms with Crippen LogP contribution in [0.25, 0.3) is 11.5 Å². The first kappa shape index (κ1) is 18.2. The van der Waals surface area contributed by atoms with Crippen LogP contribution in [0.15, 0.2) is 59.5 Å². The first-order valence-corrected chi connectivity index (χ1v) is 9.63. The summed E-state index contributed by atoms with van der Waals surface area (Å²) in [4.78, 5) is 13.3. The normalized spacial score (nSPS) is 11.1. The zero-order valence-electron chi connectivity index (χ0n) is 13.9. The van der Waals surface area contributed by atoms with Crippen LogP contribution in [0, 0.1) is 0 Å². The van der Waals surface area contributed by atoms with Crippen LogP contribution in [-0.2, 0) is 13.2 Å². The minimum Gasteiger partial charge on any atom is -0.486 e. The molecule has 0 N–H and O–H groups in total. The van der Waals surface area contributed by atoms with Gasteiger partial charge in [0.25, 0.3) is 0 Å². The summed E-state index contributed by atoms with van der Waals surface area (Å²) in [5, 5.41) is 1.20. The monoisotopic (exact) mass is 462 g/mol. The molecule has 2 heterocycles. The molecule has 0 atom stereocenters. The molecule has 0 amide bonds. The summed E-state index contributed by atoms with van der Waals surface area (Å²) in [5.41, 5.74) is 1.51. The first-order valence-electron chi connectivity index (χ1n) is 8.08. The van der Waals surface area contributed by atoms with Crippen molar-refractivity contribution in [2.75, 3.05) is 0 Å². The van der Waals surface area contributed by atoms with E-state index in [1.165, 1.54) is 0 Å². The van der Waals surface area contributed by atoms with Crippen molar-refractivity contribution in [3.05, 3.63) is 80.9 Å². The Morgan fingerprint density at radius 1 is 1.00 bits per heavy atom. The standard InChI is InChI=1S/C19H13BrCl2N4O/c20-12-4-6-13(7-5-12)27-10-18-24-17-8-23-11-26(19(17)25-18)9-14-15(21)2-1-3-16(14)22/h1-8,11H,9-10H2. The second-order valence-electron chi connectivity index (χ2n) is 5.81. The van der Waals surface area contributed by atoms with Gasteiger partial charge in [0, 0.05) is 20.1 Å². The Balaban J connectivity index is 1.58. The summed E-state index contributed by atoms with van der Waals surface area (Å²) >= 11 is 16.0. The lowest BCUT2D eigenvalue weighted by atomic mass is 10.2. The van der Waals surface area contributed by atoms with Gasteiger partial charge in [-0.2, -0.15) is 0 Å². The quantitative estimate of drug-likeness (QED) is 0.393. The zero-order valence-corrected chi connectivity index (χ0v) is 17.0. The molecule has 2 aliphatic heterocycles. The van der Waals surface area contributed by atoms with E-state index in [2.05, 4.69) is 30.9 Å². The number of hydrogen-bond acceptors (Lipinski definition) is 4. The van der Waals surface area contributed by atoms with Crippen molar-refractivity contribution < 1.29 is 4.74 Å². The van der Waals surface area contributed by atoms with Gasteiger partial charge in [-0.3, -0.25) is 0 Å². The van der Waals surface area contributed by atoms with Gasteiger partial charge in [0.2, 0.25) is 0 Å². The average Bonchev–Trinajstić information content (AvgIpc) is 3.08. The predicted octanol–water partition coefficient (Wildman–Crippen LogP) is 5.47. The highest BCUT2D eigenvalue weighted by molar-refractivity contribution is 9.10. The number of nitrogens with zero attached hydrogens (tertiary/aromatic N) is 4. The molecule has 2 aliphatic rings. The summed E-state index contributed by atoms with van der Waals surface area (Å²) in [6, 6.07) is 13.0. The molecule has 2 aromatic rings. The smallest absolute Gasteiger partial charge is 0.169 e. The molecular weight excluding hydrogens is 451 g/mol. The van der Waals surface area contributed by atoms with Crippen LogP contribution >= 0.6 is 39.1 Å². The Morgan fingerprint density at radius 3 is 2.48 bits per heavy atom. The van der Waals surface area contributed by atoms with Gasteiger partial charge in [0.15, 0.2) is 11.6 Å². The number of fused-ring (bicyclic) bond motifs is 1. The fourth-order valence-corrected chi connectivity index (χ4v) is 3.42. The van der Waals surface area contributed by atoms with E-state index < -0.39 is 0 Å². The van der Waals surface area contributed by atoms with E-state index >= 15 is 0 Å². The molecule has 5 nitrogen and oxygen atoms in total. The molecule has 0 unspecified atom stereocenters. The Bertz CT molecular complexity index is 1030. The molecule has 0 aromatic heterocycles. The molecule has 0 saturated heterocycles. The molecule has 0 saturated carbocycles. The molecule has 27 heavy (non-hydrogen) atoms. The number of halogens is 3. The second kappa shape index (κ2) is 7.84. The number of benzene rings is 2. The summed E-state index contributed by atoms with van der Waals surface area (Å²) in [6.07, 6.45) is 3.37. The molecule has 4 rings (SSSR count). The number of ether oxygens (including phenoxy) is 1. The fraction of sp³-hybridized carbons (Fsp3) is 0.105. The van der Waals surface area contributed by atoms with Gasteiger partial charge in [-0.15, -0.1) is 0 Å². The Kier molecular flexibility index (Phi) is 5.29.